The minimum atomic E-state index is -5.20. The van der Waals surface area contributed by atoms with Crippen molar-refractivity contribution in [1.29, 1.82) is 0 Å². The fraction of sp³-hybridized carbons (Fsp3) is 0.333. The van der Waals surface area contributed by atoms with Crippen LogP contribution >= 0.6 is 0 Å². The van der Waals surface area contributed by atoms with Gasteiger partial charge in [0.2, 0.25) is 5.96 Å². The molecular formula is C36H31F9N4O5. The second-order valence-corrected chi connectivity index (χ2v) is 12.6. The van der Waals surface area contributed by atoms with Crippen molar-refractivity contribution in [1.82, 2.24) is 9.80 Å². The maximum absolute atomic E-state index is 15.6. The number of rotatable bonds is 8. The van der Waals surface area contributed by atoms with Crippen LogP contribution in [0.15, 0.2) is 76.9 Å². The number of amides is 1. The molecule has 0 saturated carbocycles. The molecule has 54 heavy (non-hydrogen) atoms. The number of halogens is 9. The number of aliphatic imine (C=N–C) groups is 2. The van der Waals surface area contributed by atoms with Crippen LogP contribution in [0, 0.1) is 11.7 Å². The van der Waals surface area contributed by atoms with Gasteiger partial charge in [0.15, 0.2) is 6.10 Å². The number of alkyl halides is 8. The van der Waals surface area contributed by atoms with E-state index in [9.17, 15) is 49.8 Å². The Morgan fingerprint density at radius 1 is 1.07 bits per heavy atom. The zero-order valence-electron chi connectivity index (χ0n) is 28.7. The van der Waals surface area contributed by atoms with E-state index in [-0.39, 0.29) is 46.6 Å². The summed E-state index contributed by atoms with van der Waals surface area (Å²) in [5, 5.41) is 9.44. The highest BCUT2D eigenvalue weighted by Gasteiger charge is 2.46. The first-order chi connectivity index (χ1) is 25.0. The van der Waals surface area contributed by atoms with Gasteiger partial charge in [-0.05, 0) is 54.3 Å². The van der Waals surface area contributed by atoms with Gasteiger partial charge in [0.05, 0.1) is 55.2 Å². The van der Waals surface area contributed by atoms with Crippen LogP contribution in [0.1, 0.15) is 47.3 Å². The number of methoxy groups -OCH3 is 1. The molecule has 2 saturated heterocycles. The van der Waals surface area contributed by atoms with E-state index < -0.39 is 90.2 Å². The number of likely N-dealkylation sites (tertiary alicyclic amines) is 1. The normalized spacial score (nSPS) is 20.7. The monoisotopic (exact) mass is 770 g/mol. The van der Waals surface area contributed by atoms with E-state index in [1.165, 1.54) is 32.4 Å². The summed E-state index contributed by atoms with van der Waals surface area (Å²) in [6, 6.07) is 3.03. The molecular weight excluding hydrogens is 739 g/mol. The standard InChI is InChI=1S/C36H31F9N4O5/c1-17-8-20(31(50)51)6-7-24(17)26-12-25(29(53-5)13-27(26)37)18(2)28(47-32(46-4)48-15-34(38,39)16-48)14-49-19(3)30(54-33(49)52)21-9-22(35(40,41)42)11-23(10-21)36(43,44)45/h7-13,20,30H,2-3,6,14-16H2,1,4-5H3,(H,50,51)/b46-32?,47-28-/t20?,30-/m0/s1. The summed E-state index contributed by atoms with van der Waals surface area (Å²) in [5.74, 6) is -6.14. The van der Waals surface area contributed by atoms with Crippen molar-refractivity contribution in [3.63, 3.8) is 0 Å². The number of carbonyl (C=O) groups is 2. The van der Waals surface area contributed by atoms with E-state index in [4.69, 9.17) is 9.47 Å². The first-order valence-corrected chi connectivity index (χ1v) is 15.9. The van der Waals surface area contributed by atoms with E-state index in [2.05, 4.69) is 23.1 Å². The first-order valence-electron chi connectivity index (χ1n) is 15.9. The molecule has 0 bridgehead atoms. The largest absolute Gasteiger partial charge is 0.496 e. The third-order valence-electron chi connectivity index (χ3n) is 8.89. The van der Waals surface area contributed by atoms with Crippen molar-refractivity contribution >= 4 is 34.9 Å². The van der Waals surface area contributed by atoms with Crippen molar-refractivity contribution in [3.8, 4) is 5.75 Å². The molecule has 9 nitrogen and oxygen atoms in total. The van der Waals surface area contributed by atoms with Gasteiger partial charge in [0.25, 0.3) is 5.92 Å². The Kier molecular flexibility index (Phi) is 10.5. The molecule has 2 aliphatic heterocycles. The van der Waals surface area contributed by atoms with Gasteiger partial charge in [-0.15, -0.1) is 0 Å². The van der Waals surface area contributed by atoms with Gasteiger partial charge in [-0.25, -0.2) is 23.0 Å². The lowest BCUT2D eigenvalue weighted by Crippen LogP contribution is -2.58. The van der Waals surface area contributed by atoms with Crippen molar-refractivity contribution in [2.75, 3.05) is 33.8 Å². The van der Waals surface area contributed by atoms with E-state index in [0.29, 0.717) is 23.3 Å². The summed E-state index contributed by atoms with van der Waals surface area (Å²) in [7, 11) is 2.45. The highest BCUT2D eigenvalue weighted by Crippen LogP contribution is 2.43. The molecule has 0 spiro atoms. The summed E-state index contributed by atoms with van der Waals surface area (Å²) in [5.41, 5.74) is -3.86. The third-order valence-corrected chi connectivity index (χ3v) is 8.89. The van der Waals surface area contributed by atoms with Crippen molar-refractivity contribution < 1.29 is 63.7 Å². The Bertz CT molecular complexity index is 2010. The Morgan fingerprint density at radius 2 is 1.69 bits per heavy atom. The van der Waals surface area contributed by atoms with Gasteiger partial charge in [-0.3, -0.25) is 14.7 Å². The number of hydrogen-bond donors (Lipinski definition) is 1. The fourth-order valence-electron chi connectivity index (χ4n) is 6.11. The molecule has 1 N–H and O–H groups in total. The molecule has 2 aromatic carbocycles. The Morgan fingerprint density at radius 3 is 2.19 bits per heavy atom. The first kappa shape index (κ1) is 39.7. The van der Waals surface area contributed by atoms with Crippen LogP contribution in [0.25, 0.3) is 11.1 Å². The van der Waals surface area contributed by atoms with Gasteiger partial charge in [0.1, 0.15) is 11.6 Å². The second-order valence-electron chi connectivity index (χ2n) is 12.6. The highest BCUT2D eigenvalue weighted by atomic mass is 19.4. The zero-order valence-corrected chi connectivity index (χ0v) is 28.7. The summed E-state index contributed by atoms with van der Waals surface area (Å²) in [6.45, 7) is 7.10. The molecule has 18 heteroatoms. The Labute approximate surface area is 302 Å². The molecule has 0 aromatic heterocycles. The minimum Gasteiger partial charge on any atom is -0.496 e. The van der Waals surface area contributed by atoms with Gasteiger partial charge >= 0.3 is 24.4 Å². The number of benzene rings is 2. The Balaban J connectivity index is 1.57. The number of carboxylic acids is 1. The number of carbonyl (C=O) groups excluding carboxylic acids is 1. The number of carboxylic acid groups (broad SMARTS) is 1. The van der Waals surface area contributed by atoms with E-state index >= 15 is 4.39 Å². The molecule has 3 aliphatic rings. The number of ether oxygens (including phenoxy) is 2. The van der Waals surface area contributed by atoms with Crippen LogP contribution < -0.4 is 4.74 Å². The van der Waals surface area contributed by atoms with Crippen molar-refractivity contribution in [3.05, 3.63) is 101 Å². The van der Waals surface area contributed by atoms with Gasteiger partial charge < -0.3 is 19.5 Å². The summed E-state index contributed by atoms with van der Waals surface area (Å²) in [6.07, 6.45) is -10.4. The van der Waals surface area contributed by atoms with E-state index in [1.54, 1.807) is 6.92 Å². The summed E-state index contributed by atoms with van der Waals surface area (Å²) in [4.78, 5) is 35.0. The number of nitrogens with zero attached hydrogens (tertiary/aromatic N) is 4. The van der Waals surface area contributed by atoms with Crippen LogP contribution in [0.4, 0.5) is 44.3 Å². The van der Waals surface area contributed by atoms with Gasteiger partial charge in [-0.1, -0.05) is 25.3 Å². The van der Waals surface area contributed by atoms with Crippen molar-refractivity contribution in [2.45, 2.75) is 37.7 Å². The minimum absolute atomic E-state index is 0.00859. The molecule has 1 aliphatic carbocycles. The third kappa shape index (κ3) is 8.01. The van der Waals surface area contributed by atoms with Crippen molar-refractivity contribution in [2.24, 2.45) is 15.9 Å². The van der Waals surface area contributed by atoms with Crippen LogP contribution in [0.3, 0.4) is 0 Å². The SMILES string of the molecule is C=C(/C(CN1C(=C)[C@@H](c2cc(C(F)(F)F)cc(C(F)(F)F)c2)OC1=O)=N\C(=NC)N1CC(F)(F)C1)c1cc(C2=CCC(C(=O)O)C=C2C)c(F)cc1OC. The lowest BCUT2D eigenvalue weighted by Gasteiger charge is -2.39. The number of hydrogen-bond acceptors (Lipinski definition) is 5. The molecule has 288 valence electrons. The number of cyclic esters (lactones) is 1. The number of guanidine groups is 1. The highest BCUT2D eigenvalue weighted by molar-refractivity contribution is 6.28. The zero-order chi connectivity index (χ0) is 40.1. The van der Waals surface area contributed by atoms with Crippen LogP contribution in [-0.4, -0.2) is 78.4 Å². The van der Waals surface area contributed by atoms with Crippen LogP contribution in [-0.2, 0) is 21.9 Å². The van der Waals surface area contributed by atoms with Crippen LogP contribution in [0.2, 0.25) is 0 Å². The summed E-state index contributed by atoms with van der Waals surface area (Å²) >= 11 is 0. The Hall–Kier alpha value is -5.55. The lowest BCUT2D eigenvalue weighted by molar-refractivity contribution is -0.143. The van der Waals surface area contributed by atoms with E-state index in [0.717, 1.165) is 15.9 Å². The fourth-order valence-corrected chi connectivity index (χ4v) is 6.11. The maximum Gasteiger partial charge on any atom is 0.416 e. The lowest BCUT2D eigenvalue weighted by atomic mass is 9.86. The predicted octanol–water partition coefficient (Wildman–Crippen LogP) is 8.40. The molecule has 1 unspecified atom stereocenters. The number of aliphatic carboxylic acids is 1. The average molecular weight is 771 g/mol. The predicted molar refractivity (Wildman–Crippen MR) is 178 cm³/mol. The van der Waals surface area contributed by atoms with Crippen LogP contribution in [0.5, 0.6) is 5.75 Å². The number of allylic oxidation sites excluding steroid dienone is 3. The van der Waals surface area contributed by atoms with Gasteiger partial charge in [-0.2, -0.15) is 26.3 Å². The summed E-state index contributed by atoms with van der Waals surface area (Å²) < 4.78 is 136. The second kappa shape index (κ2) is 14.4. The molecule has 0 radical (unpaired) electrons. The van der Waals surface area contributed by atoms with Gasteiger partial charge in [0, 0.05) is 29.8 Å². The topological polar surface area (TPSA) is 104 Å². The van der Waals surface area contributed by atoms with E-state index in [1.807, 2.05) is 0 Å². The molecule has 2 aromatic rings. The maximum atomic E-state index is 15.6. The molecule has 1 amide bonds. The molecule has 2 atom stereocenters. The average Bonchev–Trinajstić information content (AvgIpc) is 3.36. The molecule has 2 heterocycles. The molecule has 2 fully saturated rings. The molecule has 5 rings (SSSR count). The quantitative estimate of drug-likeness (QED) is 0.164. The smallest absolute Gasteiger partial charge is 0.416 e.